The van der Waals surface area contributed by atoms with Crippen molar-refractivity contribution in [3.8, 4) is 6.07 Å². The van der Waals surface area contributed by atoms with Crippen LogP contribution in [-0.2, 0) is 0 Å². The molecule has 3 nitrogen and oxygen atoms in total. The Morgan fingerprint density at radius 2 is 2.07 bits per heavy atom. The first-order valence-corrected chi connectivity index (χ1v) is 5.18. The molecular weight excluding hydrogens is 188 g/mol. The fourth-order valence-corrected chi connectivity index (χ4v) is 1.25. The van der Waals surface area contributed by atoms with Crippen molar-refractivity contribution in [3.05, 3.63) is 29.8 Å². The van der Waals surface area contributed by atoms with E-state index in [1.54, 1.807) is 12.1 Å². The molecule has 0 saturated carbocycles. The summed E-state index contributed by atoms with van der Waals surface area (Å²) in [6, 6.07) is 9.37. The molecule has 0 amide bonds. The molecule has 0 spiro atoms. The van der Waals surface area contributed by atoms with Gasteiger partial charge in [0, 0.05) is 12.2 Å². The molecule has 1 unspecified atom stereocenters. The van der Waals surface area contributed by atoms with Crippen molar-refractivity contribution in [1.29, 1.82) is 5.26 Å². The highest BCUT2D eigenvalue weighted by atomic mass is 16.3. The van der Waals surface area contributed by atoms with Crippen molar-refractivity contribution in [3.63, 3.8) is 0 Å². The van der Waals surface area contributed by atoms with Gasteiger partial charge in [-0.25, -0.2) is 0 Å². The highest BCUT2D eigenvalue weighted by Crippen LogP contribution is 2.09. The topological polar surface area (TPSA) is 56.0 Å². The molecule has 0 heterocycles. The highest BCUT2D eigenvalue weighted by molar-refractivity contribution is 5.46. The Morgan fingerprint density at radius 1 is 1.40 bits per heavy atom. The largest absolute Gasteiger partial charge is 0.393 e. The number of nitriles is 1. The van der Waals surface area contributed by atoms with Gasteiger partial charge < -0.3 is 10.4 Å². The van der Waals surface area contributed by atoms with Crippen LogP contribution in [0.4, 0.5) is 5.69 Å². The van der Waals surface area contributed by atoms with Crippen LogP contribution in [-0.4, -0.2) is 17.8 Å². The van der Waals surface area contributed by atoms with Crippen LogP contribution in [0.15, 0.2) is 24.3 Å². The molecular formula is C12H16N2O. The number of aliphatic hydroxyl groups is 1. The van der Waals surface area contributed by atoms with Gasteiger partial charge in [0.2, 0.25) is 0 Å². The molecule has 1 atom stereocenters. The zero-order chi connectivity index (χ0) is 11.1. The fraction of sp³-hybridized carbons (Fsp3) is 0.417. The zero-order valence-electron chi connectivity index (χ0n) is 8.90. The smallest absolute Gasteiger partial charge is 0.0991 e. The first kappa shape index (κ1) is 11.5. The SMILES string of the molecule is CCC(O)CCNc1ccc(C#N)cc1. The van der Waals surface area contributed by atoms with Crippen LogP contribution in [0.1, 0.15) is 25.3 Å². The molecule has 0 fully saturated rings. The number of anilines is 1. The lowest BCUT2D eigenvalue weighted by Crippen LogP contribution is -2.12. The minimum Gasteiger partial charge on any atom is -0.393 e. The quantitative estimate of drug-likeness (QED) is 0.772. The molecule has 0 aliphatic rings. The maximum atomic E-state index is 9.34. The van der Waals surface area contributed by atoms with E-state index in [-0.39, 0.29) is 6.10 Å². The van der Waals surface area contributed by atoms with E-state index in [2.05, 4.69) is 11.4 Å². The lowest BCUT2D eigenvalue weighted by atomic mass is 10.2. The summed E-state index contributed by atoms with van der Waals surface area (Å²) in [7, 11) is 0. The Balaban J connectivity index is 2.35. The molecule has 15 heavy (non-hydrogen) atoms. The summed E-state index contributed by atoms with van der Waals surface area (Å²) in [4.78, 5) is 0. The van der Waals surface area contributed by atoms with E-state index in [4.69, 9.17) is 5.26 Å². The molecule has 0 saturated heterocycles. The Bertz CT molecular complexity index is 326. The number of nitrogens with one attached hydrogen (secondary N) is 1. The summed E-state index contributed by atoms with van der Waals surface area (Å²) in [5.41, 5.74) is 1.64. The van der Waals surface area contributed by atoms with Crippen molar-refractivity contribution in [1.82, 2.24) is 0 Å². The summed E-state index contributed by atoms with van der Waals surface area (Å²) in [6.07, 6.45) is 1.31. The number of hydrogen-bond acceptors (Lipinski definition) is 3. The van der Waals surface area contributed by atoms with Crippen LogP contribution in [0, 0.1) is 11.3 Å². The second kappa shape index (κ2) is 6.05. The lowest BCUT2D eigenvalue weighted by molar-refractivity contribution is 0.164. The van der Waals surface area contributed by atoms with Crippen molar-refractivity contribution in [2.45, 2.75) is 25.9 Å². The van der Waals surface area contributed by atoms with E-state index in [9.17, 15) is 5.11 Å². The second-order valence-electron chi connectivity index (χ2n) is 3.47. The first-order valence-electron chi connectivity index (χ1n) is 5.18. The van der Waals surface area contributed by atoms with Crippen molar-refractivity contribution in [2.75, 3.05) is 11.9 Å². The minimum absolute atomic E-state index is 0.226. The number of hydrogen-bond donors (Lipinski definition) is 2. The maximum absolute atomic E-state index is 9.34. The average Bonchev–Trinajstić information content (AvgIpc) is 2.29. The lowest BCUT2D eigenvalue weighted by Gasteiger charge is -2.09. The van der Waals surface area contributed by atoms with Gasteiger partial charge in [-0.2, -0.15) is 5.26 Å². The van der Waals surface area contributed by atoms with E-state index in [1.807, 2.05) is 19.1 Å². The Labute approximate surface area is 90.4 Å². The van der Waals surface area contributed by atoms with Crippen LogP contribution in [0.5, 0.6) is 0 Å². The normalized spacial score (nSPS) is 11.8. The number of aliphatic hydroxyl groups excluding tert-OH is 1. The molecule has 0 radical (unpaired) electrons. The van der Waals surface area contributed by atoms with Crippen LogP contribution in [0.3, 0.4) is 0 Å². The summed E-state index contributed by atoms with van der Waals surface area (Å²) in [5.74, 6) is 0. The summed E-state index contributed by atoms with van der Waals surface area (Å²) in [5, 5.41) is 21.1. The van der Waals surface area contributed by atoms with E-state index in [0.29, 0.717) is 5.56 Å². The third kappa shape index (κ3) is 4.01. The molecule has 2 N–H and O–H groups in total. The monoisotopic (exact) mass is 204 g/mol. The second-order valence-corrected chi connectivity index (χ2v) is 3.47. The molecule has 0 aliphatic heterocycles. The summed E-state index contributed by atoms with van der Waals surface area (Å²) < 4.78 is 0. The average molecular weight is 204 g/mol. The van der Waals surface area contributed by atoms with E-state index >= 15 is 0 Å². The maximum Gasteiger partial charge on any atom is 0.0991 e. The van der Waals surface area contributed by atoms with E-state index in [0.717, 1.165) is 25.1 Å². The molecule has 1 rings (SSSR count). The molecule has 0 bridgehead atoms. The molecule has 1 aromatic rings. The summed E-state index contributed by atoms with van der Waals surface area (Å²) >= 11 is 0. The minimum atomic E-state index is -0.226. The molecule has 0 aromatic heterocycles. The van der Waals surface area contributed by atoms with Gasteiger partial charge in [0.15, 0.2) is 0 Å². The zero-order valence-corrected chi connectivity index (χ0v) is 8.90. The van der Waals surface area contributed by atoms with Crippen LogP contribution >= 0.6 is 0 Å². The molecule has 1 aromatic carbocycles. The number of nitrogens with zero attached hydrogens (tertiary/aromatic N) is 1. The van der Waals surface area contributed by atoms with Crippen molar-refractivity contribution in [2.24, 2.45) is 0 Å². The van der Waals surface area contributed by atoms with Gasteiger partial charge in [0.1, 0.15) is 0 Å². The third-order valence-corrected chi connectivity index (χ3v) is 2.29. The van der Waals surface area contributed by atoms with E-state index < -0.39 is 0 Å². The van der Waals surface area contributed by atoms with Crippen LogP contribution in [0.2, 0.25) is 0 Å². The van der Waals surface area contributed by atoms with Gasteiger partial charge in [0.25, 0.3) is 0 Å². The van der Waals surface area contributed by atoms with Gasteiger partial charge in [-0.15, -0.1) is 0 Å². The Hall–Kier alpha value is -1.53. The van der Waals surface area contributed by atoms with Crippen molar-refractivity contribution >= 4 is 5.69 Å². The number of rotatable bonds is 5. The molecule has 3 heteroatoms. The molecule has 0 aliphatic carbocycles. The fourth-order valence-electron chi connectivity index (χ4n) is 1.25. The molecule has 80 valence electrons. The predicted octanol–water partition coefficient (Wildman–Crippen LogP) is 2.13. The van der Waals surface area contributed by atoms with Crippen LogP contribution in [0.25, 0.3) is 0 Å². The highest BCUT2D eigenvalue weighted by Gasteiger charge is 1.99. The van der Waals surface area contributed by atoms with Crippen LogP contribution < -0.4 is 5.32 Å². The summed E-state index contributed by atoms with van der Waals surface area (Å²) in [6.45, 7) is 2.72. The Morgan fingerprint density at radius 3 is 2.60 bits per heavy atom. The Kier molecular flexibility index (Phi) is 4.65. The van der Waals surface area contributed by atoms with Gasteiger partial charge in [-0.3, -0.25) is 0 Å². The number of benzene rings is 1. The van der Waals surface area contributed by atoms with Gasteiger partial charge in [-0.1, -0.05) is 6.92 Å². The predicted molar refractivity (Wildman–Crippen MR) is 60.6 cm³/mol. The van der Waals surface area contributed by atoms with Gasteiger partial charge in [-0.05, 0) is 37.1 Å². The standard InChI is InChI=1S/C12H16N2O/c1-2-12(15)7-8-14-11-5-3-10(9-13)4-6-11/h3-6,12,14-15H,2,7-8H2,1H3. The van der Waals surface area contributed by atoms with Gasteiger partial charge in [0.05, 0.1) is 17.7 Å². The van der Waals surface area contributed by atoms with E-state index in [1.165, 1.54) is 0 Å². The van der Waals surface area contributed by atoms with Gasteiger partial charge >= 0.3 is 0 Å². The first-order chi connectivity index (χ1) is 7.26. The van der Waals surface area contributed by atoms with Crippen molar-refractivity contribution < 1.29 is 5.11 Å². The third-order valence-electron chi connectivity index (χ3n) is 2.29.